The van der Waals surface area contributed by atoms with Gasteiger partial charge in [-0.3, -0.25) is 4.79 Å². The molecule has 0 saturated carbocycles. The molecule has 1 aliphatic heterocycles. The summed E-state index contributed by atoms with van der Waals surface area (Å²) in [7, 11) is 0. The smallest absolute Gasteiger partial charge is 0.272 e. The van der Waals surface area contributed by atoms with Crippen LogP contribution in [0.15, 0.2) is 63.1 Å². The Kier molecular flexibility index (Phi) is 3.19. The summed E-state index contributed by atoms with van der Waals surface area (Å²) >= 11 is 1.74. The van der Waals surface area contributed by atoms with Gasteiger partial charge in [0.15, 0.2) is 0 Å². The van der Waals surface area contributed by atoms with Crippen LogP contribution in [-0.4, -0.2) is 11.5 Å². The topological polar surface area (TPSA) is 44.9 Å². The molecule has 0 aliphatic carbocycles. The zero-order valence-electron chi connectivity index (χ0n) is 12.2. The van der Waals surface area contributed by atoms with Crippen molar-refractivity contribution < 1.29 is 0 Å². The molecule has 0 amide bonds. The number of rotatable bonds is 2. The molecular weight excluding hydrogens is 292 g/mol. The van der Waals surface area contributed by atoms with Crippen molar-refractivity contribution in [2.24, 2.45) is 0 Å². The highest BCUT2D eigenvalue weighted by molar-refractivity contribution is 7.99. The second kappa shape index (κ2) is 5.21. The van der Waals surface area contributed by atoms with Crippen molar-refractivity contribution >= 4 is 28.4 Å². The number of aromatic nitrogens is 1. The first-order chi connectivity index (χ1) is 10.7. The van der Waals surface area contributed by atoms with E-state index in [0.29, 0.717) is 5.92 Å². The van der Waals surface area contributed by atoms with Crippen LogP contribution in [0.1, 0.15) is 18.4 Å². The summed E-state index contributed by atoms with van der Waals surface area (Å²) in [5, 5.41) is 4.38. The van der Waals surface area contributed by atoms with Gasteiger partial charge in [0.05, 0.1) is 0 Å². The van der Waals surface area contributed by atoms with Crippen molar-refractivity contribution in [2.75, 3.05) is 11.9 Å². The number of pyridine rings is 1. The molecule has 22 heavy (non-hydrogen) atoms. The van der Waals surface area contributed by atoms with Gasteiger partial charge >= 0.3 is 0 Å². The second-order valence-corrected chi connectivity index (χ2v) is 6.79. The number of benzene rings is 2. The fourth-order valence-electron chi connectivity index (χ4n) is 3.03. The van der Waals surface area contributed by atoms with Crippen molar-refractivity contribution in [1.82, 2.24) is 4.98 Å². The number of hydrogen-bond donors (Lipinski definition) is 2. The third kappa shape index (κ3) is 2.20. The predicted octanol–water partition coefficient (Wildman–Crippen LogP) is 4.21. The Morgan fingerprint density at radius 3 is 2.73 bits per heavy atom. The third-order valence-electron chi connectivity index (χ3n) is 4.08. The Morgan fingerprint density at radius 1 is 1.09 bits per heavy atom. The van der Waals surface area contributed by atoms with E-state index < -0.39 is 0 Å². The van der Waals surface area contributed by atoms with Gasteiger partial charge < -0.3 is 10.3 Å². The van der Waals surface area contributed by atoms with Crippen molar-refractivity contribution in [3.8, 4) is 0 Å². The number of aromatic amines is 1. The first-order valence-electron chi connectivity index (χ1n) is 7.39. The highest BCUT2D eigenvalue weighted by Gasteiger charge is 2.23. The summed E-state index contributed by atoms with van der Waals surface area (Å²) in [5.74, 6) is 0.358. The monoisotopic (exact) mass is 308 g/mol. The molecule has 4 heteroatoms. The van der Waals surface area contributed by atoms with Crippen LogP contribution < -0.4 is 10.9 Å². The SMILES string of the molecule is CC1CNc2c1c1cc(Sc3ccccc3)ccc1[nH]c2=O. The average Bonchev–Trinajstić information content (AvgIpc) is 2.92. The fourth-order valence-corrected chi connectivity index (χ4v) is 3.91. The van der Waals surface area contributed by atoms with E-state index in [-0.39, 0.29) is 5.56 Å². The van der Waals surface area contributed by atoms with Crippen molar-refractivity contribution in [3.05, 3.63) is 64.4 Å². The van der Waals surface area contributed by atoms with Gasteiger partial charge in [-0.15, -0.1) is 0 Å². The van der Waals surface area contributed by atoms with E-state index in [2.05, 4.69) is 41.5 Å². The molecule has 110 valence electrons. The van der Waals surface area contributed by atoms with Gasteiger partial charge in [0.2, 0.25) is 0 Å². The van der Waals surface area contributed by atoms with Crippen LogP contribution in [0.3, 0.4) is 0 Å². The molecule has 1 aromatic heterocycles. The number of nitrogens with one attached hydrogen (secondary N) is 2. The van der Waals surface area contributed by atoms with Crippen LogP contribution in [0.4, 0.5) is 5.69 Å². The van der Waals surface area contributed by atoms with E-state index in [4.69, 9.17) is 0 Å². The Morgan fingerprint density at radius 2 is 1.91 bits per heavy atom. The lowest BCUT2D eigenvalue weighted by Gasteiger charge is -2.10. The lowest BCUT2D eigenvalue weighted by atomic mass is 9.99. The lowest BCUT2D eigenvalue weighted by molar-refractivity contribution is 0.860. The quantitative estimate of drug-likeness (QED) is 0.745. The van der Waals surface area contributed by atoms with Gasteiger partial charge in [0.1, 0.15) is 5.69 Å². The molecule has 0 saturated heterocycles. The minimum atomic E-state index is -0.0182. The Labute approximate surface area is 132 Å². The first-order valence-corrected chi connectivity index (χ1v) is 8.21. The normalized spacial score (nSPS) is 16.5. The van der Waals surface area contributed by atoms with Gasteiger partial charge in [0.25, 0.3) is 5.56 Å². The Hall–Kier alpha value is -2.20. The largest absolute Gasteiger partial charge is 0.380 e. The summed E-state index contributed by atoms with van der Waals surface area (Å²) in [6.45, 7) is 2.99. The van der Waals surface area contributed by atoms with Crippen LogP contribution >= 0.6 is 11.8 Å². The molecule has 0 spiro atoms. The summed E-state index contributed by atoms with van der Waals surface area (Å²) in [5.41, 5.74) is 2.78. The highest BCUT2D eigenvalue weighted by atomic mass is 32.2. The van der Waals surface area contributed by atoms with E-state index in [0.717, 1.165) is 28.7 Å². The number of hydrogen-bond acceptors (Lipinski definition) is 3. The molecule has 4 rings (SSSR count). The maximum Gasteiger partial charge on any atom is 0.272 e. The zero-order chi connectivity index (χ0) is 15.1. The molecule has 0 radical (unpaired) electrons. The van der Waals surface area contributed by atoms with E-state index in [9.17, 15) is 4.79 Å². The number of anilines is 1. The van der Waals surface area contributed by atoms with Gasteiger partial charge in [-0.1, -0.05) is 36.9 Å². The standard InChI is InChI=1S/C18H16N2OS/c1-11-10-19-17-16(11)14-9-13(7-8-15(14)20-18(17)21)22-12-5-3-2-4-6-12/h2-9,11,19H,10H2,1H3,(H,20,21). The summed E-state index contributed by atoms with van der Waals surface area (Å²) in [4.78, 5) is 17.5. The van der Waals surface area contributed by atoms with Gasteiger partial charge in [-0.2, -0.15) is 0 Å². The third-order valence-corrected chi connectivity index (χ3v) is 5.08. The van der Waals surface area contributed by atoms with Gasteiger partial charge in [0, 0.05) is 33.2 Å². The van der Waals surface area contributed by atoms with Crippen LogP contribution in [0.25, 0.3) is 10.9 Å². The van der Waals surface area contributed by atoms with E-state index in [1.54, 1.807) is 11.8 Å². The van der Waals surface area contributed by atoms with E-state index >= 15 is 0 Å². The molecule has 1 atom stereocenters. The zero-order valence-corrected chi connectivity index (χ0v) is 13.0. The second-order valence-electron chi connectivity index (χ2n) is 5.65. The van der Waals surface area contributed by atoms with Gasteiger partial charge in [-0.05, 0) is 35.9 Å². The van der Waals surface area contributed by atoms with E-state index in [1.807, 2.05) is 24.3 Å². The first kappa shape index (κ1) is 13.5. The Balaban J connectivity index is 1.85. The van der Waals surface area contributed by atoms with Gasteiger partial charge in [-0.25, -0.2) is 0 Å². The molecule has 3 aromatic rings. The highest BCUT2D eigenvalue weighted by Crippen LogP contribution is 2.36. The van der Waals surface area contributed by atoms with Crippen LogP contribution in [0, 0.1) is 0 Å². The molecule has 1 aliphatic rings. The van der Waals surface area contributed by atoms with E-state index in [1.165, 1.54) is 9.79 Å². The summed E-state index contributed by atoms with van der Waals surface area (Å²) in [6, 6.07) is 16.6. The van der Waals surface area contributed by atoms with Crippen LogP contribution in [0.2, 0.25) is 0 Å². The molecule has 2 heterocycles. The molecule has 0 bridgehead atoms. The molecular formula is C18H16N2OS. The number of fused-ring (bicyclic) bond motifs is 3. The van der Waals surface area contributed by atoms with Crippen molar-refractivity contribution in [2.45, 2.75) is 22.6 Å². The summed E-state index contributed by atoms with van der Waals surface area (Å²) in [6.07, 6.45) is 0. The maximum atomic E-state index is 12.1. The van der Waals surface area contributed by atoms with Crippen molar-refractivity contribution in [1.29, 1.82) is 0 Å². The molecule has 3 nitrogen and oxygen atoms in total. The minimum absolute atomic E-state index is 0.0182. The minimum Gasteiger partial charge on any atom is -0.380 e. The fraction of sp³-hybridized carbons (Fsp3) is 0.167. The molecule has 2 N–H and O–H groups in total. The number of H-pyrrole nitrogens is 1. The van der Waals surface area contributed by atoms with Crippen LogP contribution in [-0.2, 0) is 0 Å². The molecule has 1 unspecified atom stereocenters. The Bertz CT molecular complexity index is 902. The summed E-state index contributed by atoms with van der Waals surface area (Å²) < 4.78 is 0. The molecule has 0 fully saturated rings. The van der Waals surface area contributed by atoms with Crippen LogP contribution in [0.5, 0.6) is 0 Å². The average molecular weight is 308 g/mol. The maximum absolute atomic E-state index is 12.1. The molecule has 2 aromatic carbocycles. The predicted molar refractivity (Wildman–Crippen MR) is 92.0 cm³/mol. The van der Waals surface area contributed by atoms with Crippen molar-refractivity contribution in [3.63, 3.8) is 0 Å². The lowest BCUT2D eigenvalue weighted by Crippen LogP contribution is -2.11.